The number of rotatable bonds is 3. The van der Waals surface area contributed by atoms with Crippen LogP contribution in [0.25, 0.3) is 5.52 Å². The van der Waals surface area contributed by atoms with E-state index in [0.29, 0.717) is 17.8 Å². The molecular weight excluding hydrogens is 224 g/mol. The van der Waals surface area contributed by atoms with Gasteiger partial charge in [0.15, 0.2) is 0 Å². The van der Waals surface area contributed by atoms with Crippen molar-refractivity contribution in [3.8, 4) is 0 Å². The van der Waals surface area contributed by atoms with Gasteiger partial charge in [-0.1, -0.05) is 46.8 Å². The van der Waals surface area contributed by atoms with Gasteiger partial charge in [0.2, 0.25) is 0 Å². The highest BCUT2D eigenvalue weighted by Crippen LogP contribution is 2.25. The van der Waals surface area contributed by atoms with E-state index < -0.39 is 0 Å². The van der Waals surface area contributed by atoms with E-state index in [1.165, 1.54) is 0 Å². The molecule has 2 aromatic rings. The largest absolute Gasteiger partial charge is 0.235 e. The molecule has 4 heteroatoms. The molecule has 0 aliphatic heterocycles. The number of aromatic nitrogens is 4. The molecule has 0 bridgehead atoms. The lowest BCUT2D eigenvalue weighted by molar-refractivity contribution is 0.664. The summed E-state index contributed by atoms with van der Waals surface area (Å²) < 4.78 is 1.89. The molecule has 18 heavy (non-hydrogen) atoms. The van der Waals surface area contributed by atoms with Crippen molar-refractivity contribution in [3.05, 3.63) is 23.3 Å². The average Bonchev–Trinajstić information content (AvgIpc) is 2.67. The van der Waals surface area contributed by atoms with E-state index in [-0.39, 0.29) is 0 Å². The van der Waals surface area contributed by atoms with Gasteiger partial charge in [0, 0.05) is 5.92 Å². The smallest absolute Gasteiger partial charge is 0.135 e. The van der Waals surface area contributed by atoms with Crippen molar-refractivity contribution in [2.45, 2.75) is 59.3 Å². The second-order valence-electron chi connectivity index (χ2n) is 5.78. The molecule has 0 unspecified atom stereocenters. The van der Waals surface area contributed by atoms with Gasteiger partial charge in [0.25, 0.3) is 0 Å². The van der Waals surface area contributed by atoms with E-state index in [2.05, 4.69) is 57.9 Å². The maximum atomic E-state index is 4.75. The highest BCUT2D eigenvalue weighted by atomic mass is 15.4. The first-order chi connectivity index (χ1) is 8.41. The number of hydrogen-bond acceptors (Lipinski definition) is 3. The Balaban J connectivity index is 2.71. The van der Waals surface area contributed by atoms with E-state index in [4.69, 9.17) is 4.98 Å². The number of hydrogen-bond donors (Lipinski definition) is 0. The quantitative estimate of drug-likeness (QED) is 0.832. The third-order valence-corrected chi connectivity index (χ3v) is 3.13. The van der Waals surface area contributed by atoms with Gasteiger partial charge >= 0.3 is 0 Å². The van der Waals surface area contributed by atoms with E-state index >= 15 is 0 Å². The van der Waals surface area contributed by atoms with Crippen molar-refractivity contribution in [2.24, 2.45) is 0 Å². The van der Waals surface area contributed by atoms with Crippen molar-refractivity contribution in [1.29, 1.82) is 0 Å². The Morgan fingerprint density at radius 3 is 2.11 bits per heavy atom. The van der Waals surface area contributed by atoms with E-state index in [0.717, 1.165) is 22.7 Å². The highest BCUT2D eigenvalue weighted by Gasteiger charge is 2.18. The lowest BCUT2D eigenvalue weighted by Crippen LogP contribution is -2.05. The van der Waals surface area contributed by atoms with Crippen LogP contribution in [0.3, 0.4) is 0 Å². The molecule has 4 nitrogen and oxygen atoms in total. The van der Waals surface area contributed by atoms with Crippen LogP contribution >= 0.6 is 0 Å². The molecule has 0 atom stereocenters. The molecule has 2 rings (SSSR count). The lowest BCUT2D eigenvalue weighted by atomic mass is 10.1. The van der Waals surface area contributed by atoms with Crippen LogP contribution in [-0.2, 0) is 0 Å². The molecule has 2 aromatic heterocycles. The predicted molar refractivity (Wildman–Crippen MR) is 73.0 cm³/mol. The van der Waals surface area contributed by atoms with Gasteiger partial charge in [-0.25, -0.2) is 4.98 Å². The molecule has 0 fully saturated rings. The number of imidazole rings is 1. The first kappa shape index (κ1) is 13.0. The Morgan fingerprint density at radius 1 is 0.944 bits per heavy atom. The zero-order valence-corrected chi connectivity index (χ0v) is 12.1. The Morgan fingerprint density at radius 2 is 1.61 bits per heavy atom. The van der Waals surface area contributed by atoms with E-state index in [1.807, 2.05) is 4.52 Å². The van der Waals surface area contributed by atoms with Crippen LogP contribution in [0.1, 0.15) is 76.5 Å². The number of fused-ring (bicyclic) bond motifs is 1. The maximum Gasteiger partial charge on any atom is 0.135 e. The maximum absolute atomic E-state index is 4.75. The van der Waals surface area contributed by atoms with Gasteiger partial charge in [-0.2, -0.15) is 4.52 Å². The third-order valence-electron chi connectivity index (χ3n) is 3.13. The first-order valence-corrected chi connectivity index (χ1v) is 6.68. The second kappa shape index (κ2) is 4.67. The fraction of sp³-hybridized carbons (Fsp3) is 0.643. The second-order valence-corrected chi connectivity index (χ2v) is 5.78. The Labute approximate surface area is 108 Å². The molecular formula is C14H22N4. The molecule has 0 amide bonds. The lowest BCUT2D eigenvalue weighted by Gasteiger charge is -2.06. The topological polar surface area (TPSA) is 43.1 Å². The molecule has 0 spiro atoms. The van der Waals surface area contributed by atoms with Crippen LogP contribution in [0.2, 0.25) is 0 Å². The summed E-state index contributed by atoms with van der Waals surface area (Å²) in [6.07, 6.45) is 0. The van der Waals surface area contributed by atoms with Gasteiger partial charge < -0.3 is 0 Å². The minimum Gasteiger partial charge on any atom is -0.235 e. The fourth-order valence-corrected chi connectivity index (χ4v) is 2.04. The van der Waals surface area contributed by atoms with Crippen LogP contribution in [-0.4, -0.2) is 19.8 Å². The summed E-state index contributed by atoms with van der Waals surface area (Å²) >= 11 is 0. The molecule has 0 saturated heterocycles. The zero-order chi connectivity index (χ0) is 13.4. The average molecular weight is 246 g/mol. The van der Waals surface area contributed by atoms with Crippen LogP contribution < -0.4 is 0 Å². The summed E-state index contributed by atoms with van der Waals surface area (Å²) in [7, 11) is 0. The summed E-state index contributed by atoms with van der Waals surface area (Å²) in [4.78, 5) is 4.75. The highest BCUT2D eigenvalue weighted by molar-refractivity contribution is 5.54. The summed E-state index contributed by atoms with van der Waals surface area (Å²) in [5, 5.41) is 8.63. The predicted octanol–water partition coefficient (Wildman–Crippen LogP) is 3.49. The summed E-state index contributed by atoms with van der Waals surface area (Å²) in [6.45, 7) is 12.9. The van der Waals surface area contributed by atoms with Gasteiger partial charge in [-0.05, 0) is 17.9 Å². The van der Waals surface area contributed by atoms with Crippen molar-refractivity contribution in [2.75, 3.05) is 0 Å². The Hall–Kier alpha value is -1.45. The van der Waals surface area contributed by atoms with E-state index in [1.54, 1.807) is 0 Å². The first-order valence-electron chi connectivity index (χ1n) is 6.68. The molecule has 0 aromatic carbocycles. The van der Waals surface area contributed by atoms with Crippen molar-refractivity contribution >= 4 is 5.52 Å². The van der Waals surface area contributed by atoms with Gasteiger partial charge in [0.05, 0.1) is 16.9 Å². The molecule has 98 valence electrons. The van der Waals surface area contributed by atoms with Crippen LogP contribution in [0, 0.1) is 0 Å². The normalized spacial score (nSPS) is 12.3. The molecule has 0 aliphatic carbocycles. The summed E-state index contributed by atoms with van der Waals surface area (Å²) in [6, 6.07) is 2.13. The van der Waals surface area contributed by atoms with Gasteiger partial charge in [-0.3, -0.25) is 0 Å². The molecule has 0 radical (unpaired) electrons. The molecule has 0 N–H and O–H groups in total. The summed E-state index contributed by atoms with van der Waals surface area (Å²) in [5.74, 6) is 2.14. The molecule has 0 aliphatic rings. The number of nitrogens with zero attached hydrogens (tertiary/aromatic N) is 4. The minimum absolute atomic E-state index is 0.351. The van der Waals surface area contributed by atoms with Crippen molar-refractivity contribution in [1.82, 2.24) is 19.8 Å². The third kappa shape index (κ3) is 2.11. The SMILES string of the molecule is CC(C)c1cc2c(C(C)C)nc(C(C)C)n2nn1. The minimum atomic E-state index is 0.351. The van der Waals surface area contributed by atoms with Crippen LogP contribution in [0.5, 0.6) is 0 Å². The zero-order valence-electron chi connectivity index (χ0n) is 12.1. The monoisotopic (exact) mass is 246 g/mol. The van der Waals surface area contributed by atoms with Crippen LogP contribution in [0.4, 0.5) is 0 Å². The van der Waals surface area contributed by atoms with Crippen molar-refractivity contribution < 1.29 is 0 Å². The Bertz CT molecular complexity index is 552. The molecule has 0 saturated carbocycles. The fourth-order valence-electron chi connectivity index (χ4n) is 2.04. The van der Waals surface area contributed by atoms with Crippen LogP contribution in [0.15, 0.2) is 6.07 Å². The standard InChI is InChI=1S/C14H22N4/c1-8(2)11-7-12-13(9(3)4)15-14(10(5)6)18(12)17-16-11/h7-10H,1-6H3. The van der Waals surface area contributed by atoms with E-state index in [9.17, 15) is 0 Å². The van der Waals surface area contributed by atoms with Gasteiger partial charge in [0.1, 0.15) is 5.82 Å². The van der Waals surface area contributed by atoms with Gasteiger partial charge in [-0.15, -0.1) is 5.10 Å². The summed E-state index contributed by atoms with van der Waals surface area (Å²) in [5.41, 5.74) is 3.25. The Kier molecular flexibility index (Phi) is 3.37. The van der Waals surface area contributed by atoms with Crippen molar-refractivity contribution in [3.63, 3.8) is 0 Å². The molecule has 2 heterocycles.